The highest BCUT2D eigenvalue weighted by atomic mass is 35.5. The van der Waals surface area contributed by atoms with E-state index >= 15 is 0 Å². The number of nitro groups is 1. The fourth-order valence-corrected chi connectivity index (χ4v) is 2.33. The Labute approximate surface area is 125 Å². The molecule has 7 heteroatoms. The molecule has 0 saturated heterocycles. The van der Waals surface area contributed by atoms with Crippen LogP contribution in [0, 0.1) is 10.1 Å². The minimum Gasteiger partial charge on any atom is -0.490 e. The minimum atomic E-state index is -0.629. The summed E-state index contributed by atoms with van der Waals surface area (Å²) in [5.41, 5.74) is 0.727. The second kappa shape index (κ2) is 5.65. The van der Waals surface area contributed by atoms with Gasteiger partial charge in [0.2, 0.25) is 0 Å². The highest BCUT2D eigenvalue weighted by Gasteiger charge is 2.21. The zero-order valence-corrected chi connectivity index (χ0v) is 11.7. The van der Waals surface area contributed by atoms with Gasteiger partial charge in [-0.1, -0.05) is 6.07 Å². The quantitative estimate of drug-likeness (QED) is 0.491. The second-order valence-corrected chi connectivity index (χ2v) is 4.99. The molecule has 3 rings (SSSR count). The van der Waals surface area contributed by atoms with Gasteiger partial charge in [-0.05, 0) is 23.8 Å². The number of rotatable bonds is 3. The second-order valence-electron chi connectivity index (χ2n) is 4.55. The third-order valence-corrected chi connectivity index (χ3v) is 3.57. The molecule has 1 atom stereocenters. The van der Waals surface area contributed by atoms with Crippen LogP contribution in [0.5, 0.6) is 11.5 Å². The first-order valence-corrected chi connectivity index (χ1v) is 6.86. The molecule has 0 radical (unpaired) electrons. The number of alkyl halides is 1. The maximum atomic E-state index is 10.6. The van der Waals surface area contributed by atoms with E-state index in [9.17, 15) is 10.1 Å². The Kier molecular flexibility index (Phi) is 3.70. The van der Waals surface area contributed by atoms with Crippen LogP contribution in [-0.4, -0.2) is 18.1 Å². The number of benzene rings is 1. The first-order chi connectivity index (χ1) is 10.1. The lowest BCUT2D eigenvalue weighted by molar-refractivity contribution is -0.402. The van der Waals surface area contributed by atoms with Crippen LogP contribution in [0.4, 0.5) is 5.88 Å². The molecule has 6 nitrogen and oxygen atoms in total. The first kappa shape index (κ1) is 13.8. The average Bonchev–Trinajstić information content (AvgIpc) is 2.86. The monoisotopic (exact) mass is 309 g/mol. The molecule has 1 aliphatic heterocycles. The van der Waals surface area contributed by atoms with Gasteiger partial charge in [0.15, 0.2) is 11.5 Å². The predicted octanol–water partition coefficient (Wildman–Crippen LogP) is 3.68. The van der Waals surface area contributed by atoms with E-state index in [-0.39, 0.29) is 5.88 Å². The van der Waals surface area contributed by atoms with Crippen molar-refractivity contribution in [3.8, 4) is 11.5 Å². The number of hydrogen-bond donors (Lipinski definition) is 0. The normalized spacial score (nSPS) is 15.3. The topological polar surface area (TPSA) is 74.7 Å². The molecule has 1 aromatic carbocycles. The summed E-state index contributed by atoms with van der Waals surface area (Å²) in [5, 5.41) is 10.0. The number of hydrogen-bond acceptors (Lipinski definition) is 5. The highest BCUT2D eigenvalue weighted by Crippen LogP contribution is 2.37. The molecular formula is C14H12ClNO5. The summed E-state index contributed by atoms with van der Waals surface area (Å²) in [7, 11) is 0. The van der Waals surface area contributed by atoms with Crippen LogP contribution in [0.3, 0.4) is 0 Å². The molecule has 110 valence electrons. The van der Waals surface area contributed by atoms with E-state index in [4.69, 9.17) is 25.5 Å². The van der Waals surface area contributed by atoms with Gasteiger partial charge in [-0.15, -0.1) is 11.6 Å². The van der Waals surface area contributed by atoms with Crippen LogP contribution >= 0.6 is 11.6 Å². The van der Waals surface area contributed by atoms with Gasteiger partial charge in [0.05, 0.1) is 19.3 Å². The summed E-state index contributed by atoms with van der Waals surface area (Å²) < 4.78 is 16.3. The molecule has 0 bridgehead atoms. The van der Waals surface area contributed by atoms with E-state index in [0.29, 0.717) is 30.5 Å². The van der Waals surface area contributed by atoms with Crippen molar-refractivity contribution in [2.45, 2.75) is 11.8 Å². The van der Waals surface area contributed by atoms with E-state index < -0.39 is 10.3 Å². The van der Waals surface area contributed by atoms with Gasteiger partial charge in [-0.25, -0.2) is 0 Å². The van der Waals surface area contributed by atoms with Crippen molar-refractivity contribution in [3.63, 3.8) is 0 Å². The van der Waals surface area contributed by atoms with Crippen molar-refractivity contribution in [2.75, 3.05) is 13.2 Å². The van der Waals surface area contributed by atoms with Crippen LogP contribution in [-0.2, 0) is 0 Å². The van der Waals surface area contributed by atoms with Gasteiger partial charge >= 0.3 is 5.88 Å². The molecular weight excluding hydrogens is 298 g/mol. The van der Waals surface area contributed by atoms with Crippen LogP contribution in [0.2, 0.25) is 0 Å². The van der Waals surface area contributed by atoms with E-state index in [2.05, 4.69) is 0 Å². The molecule has 2 heterocycles. The molecule has 21 heavy (non-hydrogen) atoms. The Balaban J connectivity index is 1.88. The smallest absolute Gasteiger partial charge is 0.433 e. The van der Waals surface area contributed by atoms with Crippen molar-refractivity contribution in [1.29, 1.82) is 0 Å². The molecule has 1 unspecified atom stereocenters. The van der Waals surface area contributed by atoms with Gasteiger partial charge in [-0.2, -0.15) is 0 Å². The fourth-order valence-electron chi connectivity index (χ4n) is 2.08. The van der Waals surface area contributed by atoms with E-state index in [1.165, 1.54) is 12.1 Å². The summed E-state index contributed by atoms with van der Waals surface area (Å²) in [6.07, 6.45) is 0.818. The van der Waals surface area contributed by atoms with Gasteiger partial charge in [0, 0.05) is 6.42 Å². The lowest BCUT2D eigenvalue weighted by Gasteiger charge is -2.11. The van der Waals surface area contributed by atoms with Gasteiger partial charge in [0.1, 0.15) is 16.1 Å². The van der Waals surface area contributed by atoms with Crippen LogP contribution < -0.4 is 9.47 Å². The fraction of sp³-hybridized carbons (Fsp3) is 0.286. The molecule has 0 saturated carbocycles. The Morgan fingerprint density at radius 3 is 2.62 bits per heavy atom. The van der Waals surface area contributed by atoms with Crippen molar-refractivity contribution in [2.24, 2.45) is 0 Å². The zero-order valence-electron chi connectivity index (χ0n) is 11.0. The molecule has 0 amide bonds. The minimum absolute atomic E-state index is 0.317. The lowest BCUT2D eigenvalue weighted by Crippen LogP contribution is -1.97. The van der Waals surface area contributed by atoms with Crippen LogP contribution in [0.1, 0.15) is 23.1 Å². The Morgan fingerprint density at radius 2 is 1.90 bits per heavy atom. The third-order valence-electron chi connectivity index (χ3n) is 3.11. The maximum Gasteiger partial charge on any atom is 0.433 e. The number of halogens is 1. The molecule has 1 aromatic heterocycles. The summed E-state index contributed by atoms with van der Waals surface area (Å²) >= 11 is 6.32. The highest BCUT2D eigenvalue weighted by molar-refractivity contribution is 6.22. The van der Waals surface area contributed by atoms with E-state index in [0.717, 1.165) is 12.0 Å². The molecule has 0 N–H and O–H groups in total. The third kappa shape index (κ3) is 2.80. The Morgan fingerprint density at radius 1 is 1.14 bits per heavy atom. The molecule has 0 fully saturated rings. The summed E-state index contributed by atoms with van der Waals surface area (Å²) in [4.78, 5) is 10.0. The molecule has 1 aliphatic rings. The number of furan rings is 1. The first-order valence-electron chi connectivity index (χ1n) is 6.43. The molecule has 0 aliphatic carbocycles. The summed E-state index contributed by atoms with van der Waals surface area (Å²) in [5.74, 6) is 1.28. The van der Waals surface area contributed by atoms with Gasteiger partial charge in [-0.3, -0.25) is 10.1 Å². The summed E-state index contributed by atoms with van der Waals surface area (Å²) in [6.45, 7) is 1.19. The lowest BCUT2D eigenvalue weighted by atomic mass is 10.1. The maximum absolute atomic E-state index is 10.6. The van der Waals surface area contributed by atoms with Crippen LogP contribution in [0.15, 0.2) is 34.7 Å². The molecule has 0 spiro atoms. The number of nitrogens with zero attached hydrogens (tertiary/aromatic N) is 1. The zero-order chi connectivity index (χ0) is 14.8. The van der Waals surface area contributed by atoms with Crippen molar-refractivity contribution in [3.05, 3.63) is 51.8 Å². The van der Waals surface area contributed by atoms with Crippen molar-refractivity contribution >= 4 is 17.5 Å². The van der Waals surface area contributed by atoms with E-state index in [1.54, 1.807) is 18.2 Å². The van der Waals surface area contributed by atoms with Gasteiger partial charge < -0.3 is 13.9 Å². The number of ether oxygens (including phenoxy) is 2. The van der Waals surface area contributed by atoms with E-state index in [1.807, 2.05) is 0 Å². The van der Waals surface area contributed by atoms with Crippen molar-refractivity contribution in [1.82, 2.24) is 0 Å². The Bertz CT molecular complexity index is 669. The Hall–Kier alpha value is -2.21. The summed E-state index contributed by atoms with van der Waals surface area (Å²) in [6, 6.07) is 8.13. The molecule has 2 aromatic rings. The largest absolute Gasteiger partial charge is 0.490 e. The van der Waals surface area contributed by atoms with Gasteiger partial charge in [0.25, 0.3) is 0 Å². The van der Waals surface area contributed by atoms with Crippen molar-refractivity contribution < 1.29 is 18.8 Å². The SMILES string of the molecule is O=[N+]([O-])c1ccc(C(Cl)c2ccc3c(c2)OCCCO3)o1. The number of fused-ring (bicyclic) bond motifs is 1. The average molecular weight is 310 g/mol. The van der Waals surface area contributed by atoms with Crippen LogP contribution in [0.25, 0.3) is 0 Å². The standard InChI is InChI=1S/C14H12ClNO5/c15-14(11-4-5-13(21-11)16(17)18)9-2-3-10-12(8-9)20-7-1-6-19-10/h2-5,8,14H,1,6-7H2. The predicted molar refractivity (Wildman–Crippen MR) is 75.1 cm³/mol.